The Kier molecular flexibility index (Phi) is 9.63. The van der Waals surface area contributed by atoms with Gasteiger partial charge in [0.1, 0.15) is 6.04 Å². The van der Waals surface area contributed by atoms with Crippen molar-refractivity contribution in [1.29, 1.82) is 0 Å². The first-order valence-corrected chi connectivity index (χ1v) is 16.5. The van der Waals surface area contributed by atoms with Gasteiger partial charge in [-0.15, -0.1) is 24.9 Å². The molecule has 2 bridgehead atoms. The molecular formula is C35H51N3O4S. The predicted octanol–water partition coefficient (Wildman–Crippen LogP) is 5.15. The molecule has 1 aromatic rings. The topological polar surface area (TPSA) is 81.2 Å². The van der Waals surface area contributed by atoms with Crippen molar-refractivity contribution >= 4 is 29.5 Å². The van der Waals surface area contributed by atoms with Gasteiger partial charge in [0.05, 0.1) is 29.2 Å². The van der Waals surface area contributed by atoms with Crippen LogP contribution in [0.4, 0.5) is 0 Å². The van der Waals surface area contributed by atoms with Crippen molar-refractivity contribution in [3.63, 3.8) is 0 Å². The van der Waals surface area contributed by atoms with Crippen molar-refractivity contribution in [3.05, 3.63) is 61.2 Å². The molecule has 3 fully saturated rings. The van der Waals surface area contributed by atoms with Gasteiger partial charge in [-0.3, -0.25) is 14.4 Å². The third-order valence-corrected chi connectivity index (χ3v) is 11.7. The van der Waals surface area contributed by atoms with E-state index in [0.717, 1.165) is 18.4 Å². The molecule has 7 nitrogen and oxygen atoms in total. The van der Waals surface area contributed by atoms with Crippen LogP contribution in [-0.2, 0) is 20.9 Å². The molecule has 0 aliphatic carbocycles. The highest BCUT2D eigenvalue weighted by atomic mass is 32.2. The van der Waals surface area contributed by atoms with E-state index in [9.17, 15) is 19.5 Å². The highest BCUT2D eigenvalue weighted by Crippen LogP contribution is 2.69. The lowest BCUT2D eigenvalue weighted by molar-refractivity contribution is -0.149. The van der Waals surface area contributed by atoms with Gasteiger partial charge in [-0.25, -0.2) is 0 Å². The van der Waals surface area contributed by atoms with Gasteiger partial charge in [0, 0.05) is 30.4 Å². The summed E-state index contributed by atoms with van der Waals surface area (Å²) in [7, 11) is 0. The first-order valence-electron chi connectivity index (χ1n) is 15.6. The molecule has 3 aliphatic heterocycles. The summed E-state index contributed by atoms with van der Waals surface area (Å²) in [6, 6.07) is 8.51. The molecule has 3 saturated heterocycles. The quantitative estimate of drug-likeness (QED) is 0.332. The normalized spacial score (nSPS) is 28.9. The molecule has 1 aromatic carbocycles. The lowest BCUT2D eigenvalue weighted by Gasteiger charge is -2.47. The summed E-state index contributed by atoms with van der Waals surface area (Å²) in [6.45, 7) is 23.3. The van der Waals surface area contributed by atoms with Crippen LogP contribution >= 0.6 is 11.8 Å². The third kappa shape index (κ3) is 5.94. The predicted molar refractivity (Wildman–Crippen MR) is 174 cm³/mol. The zero-order chi connectivity index (χ0) is 31.9. The summed E-state index contributed by atoms with van der Waals surface area (Å²) in [5.41, 5.74) is 0.469. The fourth-order valence-corrected chi connectivity index (χ4v) is 10.7. The minimum absolute atomic E-state index is 0.0354. The first kappa shape index (κ1) is 33.3. The third-order valence-electron chi connectivity index (χ3n) is 9.59. The Hall–Kier alpha value is -2.58. The van der Waals surface area contributed by atoms with Crippen molar-refractivity contribution in [1.82, 2.24) is 14.7 Å². The first-order chi connectivity index (χ1) is 20.1. The SMILES string of the molecule is C=CCN(Cc1ccccc1)C(=O)[C@@H]1[C@@H]2CC(C)C3(S2)C(C(=O)N(CC=C)C(C)(C)CC(C)(C)C)N([C@H](C)CO)C(=O)[C@H]13. The van der Waals surface area contributed by atoms with E-state index in [1.807, 2.05) is 35.2 Å². The molecule has 1 spiro atoms. The molecular weight excluding hydrogens is 558 g/mol. The number of nitrogens with zero attached hydrogens (tertiary/aromatic N) is 3. The van der Waals surface area contributed by atoms with Crippen LogP contribution in [-0.4, -0.2) is 84.8 Å². The van der Waals surface area contributed by atoms with Gasteiger partial charge in [0.15, 0.2) is 0 Å². The van der Waals surface area contributed by atoms with Gasteiger partial charge in [-0.05, 0) is 50.5 Å². The Morgan fingerprint density at radius 3 is 2.30 bits per heavy atom. The average molecular weight is 610 g/mol. The molecule has 0 radical (unpaired) electrons. The van der Waals surface area contributed by atoms with Crippen LogP contribution in [0.1, 0.15) is 66.9 Å². The Morgan fingerprint density at radius 2 is 1.74 bits per heavy atom. The van der Waals surface area contributed by atoms with E-state index < -0.39 is 34.2 Å². The van der Waals surface area contributed by atoms with Crippen molar-refractivity contribution in [2.45, 2.75) is 95.5 Å². The number of hydrogen-bond acceptors (Lipinski definition) is 5. The summed E-state index contributed by atoms with van der Waals surface area (Å²) in [5.74, 6) is -1.51. The number of likely N-dealkylation sites (tertiary alicyclic amines) is 1. The number of amides is 3. The summed E-state index contributed by atoms with van der Waals surface area (Å²) < 4.78 is -0.758. The van der Waals surface area contributed by atoms with Crippen molar-refractivity contribution in [3.8, 4) is 0 Å². The van der Waals surface area contributed by atoms with Crippen molar-refractivity contribution in [2.75, 3.05) is 19.7 Å². The highest BCUT2D eigenvalue weighted by molar-refractivity contribution is 8.02. The number of rotatable bonds is 12. The van der Waals surface area contributed by atoms with Gasteiger partial charge in [-0.1, -0.05) is 70.2 Å². The number of aliphatic hydroxyl groups is 1. The van der Waals surface area contributed by atoms with Crippen LogP contribution in [0.25, 0.3) is 0 Å². The molecule has 43 heavy (non-hydrogen) atoms. The van der Waals surface area contributed by atoms with Gasteiger partial charge < -0.3 is 19.8 Å². The molecule has 3 aliphatic rings. The van der Waals surface area contributed by atoms with Gasteiger partial charge >= 0.3 is 0 Å². The average Bonchev–Trinajstić information content (AvgIpc) is 3.53. The molecule has 7 atom stereocenters. The van der Waals surface area contributed by atoms with Crippen LogP contribution in [0, 0.1) is 23.2 Å². The fraction of sp³-hybridized carbons (Fsp3) is 0.629. The zero-order valence-electron chi connectivity index (χ0n) is 27.1. The molecule has 4 rings (SSSR count). The Labute approximate surface area is 262 Å². The maximum atomic E-state index is 14.9. The number of hydrogen-bond donors (Lipinski definition) is 1. The lowest BCUT2D eigenvalue weighted by atomic mass is 9.65. The van der Waals surface area contributed by atoms with E-state index in [1.165, 1.54) is 0 Å². The molecule has 0 aromatic heterocycles. The van der Waals surface area contributed by atoms with Gasteiger partial charge in [0.25, 0.3) is 0 Å². The second kappa shape index (κ2) is 12.4. The summed E-state index contributed by atoms with van der Waals surface area (Å²) >= 11 is 1.68. The van der Waals surface area contributed by atoms with Crippen LogP contribution in [0.5, 0.6) is 0 Å². The molecule has 3 unspecified atom stereocenters. The molecule has 3 amide bonds. The molecule has 0 saturated carbocycles. The number of carbonyl (C=O) groups excluding carboxylic acids is 3. The molecule has 3 heterocycles. The number of carbonyl (C=O) groups is 3. The van der Waals surface area contributed by atoms with Crippen LogP contribution in [0.3, 0.4) is 0 Å². The highest BCUT2D eigenvalue weighted by Gasteiger charge is 2.77. The number of benzene rings is 1. The largest absolute Gasteiger partial charge is 0.394 e. The van der Waals surface area contributed by atoms with Crippen LogP contribution in [0.2, 0.25) is 0 Å². The lowest BCUT2D eigenvalue weighted by Crippen LogP contribution is -2.62. The van der Waals surface area contributed by atoms with E-state index in [4.69, 9.17) is 0 Å². The maximum absolute atomic E-state index is 14.9. The Morgan fingerprint density at radius 1 is 1.12 bits per heavy atom. The van der Waals surface area contributed by atoms with E-state index in [-0.39, 0.29) is 40.9 Å². The second-order valence-electron chi connectivity index (χ2n) is 14.6. The summed E-state index contributed by atoms with van der Waals surface area (Å²) in [6.07, 6.45) is 5.00. The zero-order valence-corrected chi connectivity index (χ0v) is 27.9. The van der Waals surface area contributed by atoms with Crippen molar-refractivity contribution in [2.24, 2.45) is 23.2 Å². The minimum atomic E-state index is -0.781. The van der Waals surface area contributed by atoms with Crippen LogP contribution in [0.15, 0.2) is 55.6 Å². The molecule has 1 N–H and O–H groups in total. The fourth-order valence-electron chi connectivity index (χ4n) is 8.29. The number of fused-ring (bicyclic) bond motifs is 1. The van der Waals surface area contributed by atoms with E-state index in [2.05, 4.69) is 54.7 Å². The number of aliphatic hydroxyl groups excluding tert-OH is 1. The van der Waals surface area contributed by atoms with E-state index in [1.54, 1.807) is 40.6 Å². The Balaban J connectivity index is 1.79. The van der Waals surface area contributed by atoms with E-state index in [0.29, 0.717) is 19.6 Å². The second-order valence-corrected chi connectivity index (χ2v) is 16.2. The minimum Gasteiger partial charge on any atom is -0.394 e. The van der Waals surface area contributed by atoms with E-state index >= 15 is 0 Å². The number of thioether (sulfide) groups is 1. The van der Waals surface area contributed by atoms with Crippen LogP contribution < -0.4 is 0 Å². The van der Waals surface area contributed by atoms with Gasteiger partial charge in [-0.2, -0.15) is 0 Å². The van der Waals surface area contributed by atoms with Crippen molar-refractivity contribution < 1.29 is 19.5 Å². The summed E-state index contributed by atoms with van der Waals surface area (Å²) in [4.78, 5) is 49.3. The molecule has 236 valence electrons. The summed E-state index contributed by atoms with van der Waals surface area (Å²) in [5, 5.41) is 10.3. The standard InChI is InChI=1S/C35H51N3O4S/c1-10-17-36(20-25-15-13-12-14-16-25)30(40)27-26-19-23(3)35(43-26)28(27)31(41)38(24(4)21-39)29(35)32(42)37(18-11-2)34(8,9)22-33(5,6)7/h10-16,23-24,26-29,39H,1-2,17-22H2,3-9H3/t23?,24-,26+,27-,28+,29?,35?/m1/s1. The monoisotopic (exact) mass is 609 g/mol. The Bertz CT molecular complexity index is 1230. The van der Waals surface area contributed by atoms with Gasteiger partial charge in [0.2, 0.25) is 17.7 Å². The smallest absolute Gasteiger partial charge is 0.247 e. The maximum Gasteiger partial charge on any atom is 0.247 e. The molecule has 8 heteroatoms.